The van der Waals surface area contributed by atoms with Crippen molar-refractivity contribution in [1.29, 1.82) is 0 Å². The fourth-order valence-corrected chi connectivity index (χ4v) is 4.62. The first-order valence-electron chi connectivity index (χ1n) is 13.1. The number of aliphatic hydroxyl groups is 1. The summed E-state index contributed by atoms with van der Waals surface area (Å²) >= 11 is 0. The number of aromatic carboxylic acids is 1. The fraction of sp³-hybridized carbons (Fsp3) is 0.229. The molecular formula is C35H35NO3. The van der Waals surface area contributed by atoms with Crippen molar-refractivity contribution in [3.63, 3.8) is 0 Å². The summed E-state index contributed by atoms with van der Waals surface area (Å²) in [6, 6.07) is 29.3. The third-order valence-corrected chi connectivity index (χ3v) is 6.75. The summed E-state index contributed by atoms with van der Waals surface area (Å²) in [5.41, 5.74) is 8.15. The van der Waals surface area contributed by atoms with Crippen LogP contribution in [0.2, 0.25) is 0 Å². The number of aliphatic hydroxyl groups excluding tert-OH is 1. The first-order valence-corrected chi connectivity index (χ1v) is 13.1. The summed E-state index contributed by atoms with van der Waals surface area (Å²) in [5, 5.41) is 20.3. The van der Waals surface area contributed by atoms with Gasteiger partial charge in [-0.2, -0.15) is 0 Å². The molecule has 0 aliphatic carbocycles. The Labute approximate surface area is 231 Å². The SMILES string of the molecule is Cc1ccc(-c2cc(C(O)C#Cc3ccc(C(=O)O)cc3)cc(C(C)(C)C)c2N(C)Cc2ccccc2)cc1. The van der Waals surface area contributed by atoms with Gasteiger partial charge in [-0.05, 0) is 71.0 Å². The number of carboxylic acids is 1. The largest absolute Gasteiger partial charge is 0.478 e. The second-order valence-corrected chi connectivity index (χ2v) is 11.0. The number of benzene rings is 4. The van der Waals surface area contributed by atoms with Gasteiger partial charge in [0.1, 0.15) is 6.10 Å². The van der Waals surface area contributed by atoms with Crippen molar-refractivity contribution in [3.8, 4) is 23.0 Å². The molecule has 0 aromatic heterocycles. The van der Waals surface area contributed by atoms with Crippen LogP contribution in [0.25, 0.3) is 11.1 Å². The van der Waals surface area contributed by atoms with Crippen LogP contribution in [0.4, 0.5) is 5.69 Å². The highest BCUT2D eigenvalue weighted by atomic mass is 16.4. The van der Waals surface area contributed by atoms with Gasteiger partial charge in [0.2, 0.25) is 0 Å². The van der Waals surface area contributed by atoms with E-state index in [1.807, 2.05) is 12.1 Å². The van der Waals surface area contributed by atoms with E-state index >= 15 is 0 Å². The highest BCUT2D eigenvalue weighted by molar-refractivity contribution is 5.87. The number of hydrogen-bond acceptors (Lipinski definition) is 3. The van der Waals surface area contributed by atoms with Crippen LogP contribution in [0, 0.1) is 18.8 Å². The highest BCUT2D eigenvalue weighted by Gasteiger charge is 2.26. The molecule has 1 unspecified atom stereocenters. The van der Waals surface area contributed by atoms with Gasteiger partial charge in [-0.25, -0.2) is 4.79 Å². The summed E-state index contributed by atoms with van der Waals surface area (Å²) in [7, 11) is 2.12. The Kier molecular flexibility index (Phi) is 8.24. The lowest BCUT2D eigenvalue weighted by molar-refractivity contribution is 0.0697. The van der Waals surface area contributed by atoms with Gasteiger partial charge < -0.3 is 15.1 Å². The van der Waals surface area contributed by atoms with Gasteiger partial charge in [0.05, 0.1) is 5.56 Å². The smallest absolute Gasteiger partial charge is 0.335 e. The summed E-state index contributed by atoms with van der Waals surface area (Å²) in [6.07, 6.45) is -1.01. The van der Waals surface area contributed by atoms with Crippen molar-refractivity contribution in [3.05, 3.63) is 124 Å². The van der Waals surface area contributed by atoms with Crippen molar-refractivity contribution in [2.45, 2.75) is 45.8 Å². The Bertz CT molecular complexity index is 1500. The third kappa shape index (κ3) is 6.76. The minimum absolute atomic E-state index is 0.199. The van der Waals surface area contributed by atoms with E-state index in [-0.39, 0.29) is 11.0 Å². The lowest BCUT2D eigenvalue weighted by Gasteiger charge is -2.32. The molecule has 0 bridgehead atoms. The lowest BCUT2D eigenvalue weighted by Crippen LogP contribution is -2.24. The highest BCUT2D eigenvalue weighted by Crippen LogP contribution is 2.42. The minimum Gasteiger partial charge on any atom is -0.478 e. The van der Waals surface area contributed by atoms with Crippen molar-refractivity contribution in [1.82, 2.24) is 0 Å². The number of carboxylic acid groups (broad SMARTS) is 1. The predicted molar refractivity (Wildman–Crippen MR) is 159 cm³/mol. The van der Waals surface area contributed by atoms with Gasteiger partial charge >= 0.3 is 5.97 Å². The molecule has 0 saturated heterocycles. The molecule has 4 nitrogen and oxygen atoms in total. The van der Waals surface area contributed by atoms with E-state index in [2.05, 4.69) is 106 Å². The maximum Gasteiger partial charge on any atom is 0.335 e. The van der Waals surface area contributed by atoms with Crippen LogP contribution in [0.15, 0.2) is 91.0 Å². The molecule has 4 heteroatoms. The Hall–Kier alpha value is -4.33. The molecule has 0 aliphatic heterocycles. The van der Waals surface area contributed by atoms with Gasteiger partial charge in [-0.1, -0.05) is 92.8 Å². The van der Waals surface area contributed by atoms with Gasteiger partial charge in [0, 0.05) is 30.4 Å². The Morgan fingerprint density at radius 3 is 2.15 bits per heavy atom. The van der Waals surface area contributed by atoms with Crippen molar-refractivity contribution in [2.24, 2.45) is 0 Å². The van der Waals surface area contributed by atoms with E-state index in [1.54, 1.807) is 12.1 Å². The summed E-state index contributed by atoms with van der Waals surface area (Å²) in [5.74, 6) is 4.98. The summed E-state index contributed by atoms with van der Waals surface area (Å²) < 4.78 is 0. The summed E-state index contributed by atoms with van der Waals surface area (Å²) in [4.78, 5) is 13.4. The first-order chi connectivity index (χ1) is 18.5. The van der Waals surface area contributed by atoms with Gasteiger partial charge in [-0.15, -0.1) is 0 Å². The Balaban J connectivity index is 1.82. The molecule has 0 amide bonds. The molecule has 4 rings (SSSR count). The Morgan fingerprint density at radius 2 is 1.56 bits per heavy atom. The first kappa shape index (κ1) is 27.7. The molecule has 0 spiro atoms. The number of hydrogen-bond donors (Lipinski definition) is 2. The van der Waals surface area contributed by atoms with E-state index in [9.17, 15) is 9.90 Å². The molecule has 0 fully saturated rings. The fourth-order valence-electron chi connectivity index (χ4n) is 4.62. The second-order valence-electron chi connectivity index (χ2n) is 11.0. The van der Waals surface area contributed by atoms with Crippen LogP contribution >= 0.6 is 0 Å². The van der Waals surface area contributed by atoms with Gasteiger partial charge in [-0.3, -0.25) is 0 Å². The van der Waals surface area contributed by atoms with E-state index < -0.39 is 12.1 Å². The van der Waals surface area contributed by atoms with Crippen molar-refractivity contribution in [2.75, 3.05) is 11.9 Å². The quantitative estimate of drug-likeness (QED) is 0.262. The van der Waals surface area contributed by atoms with E-state index in [1.165, 1.54) is 23.3 Å². The predicted octanol–water partition coefficient (Wildman–Crippen LogP) is 7.38. The number of aryl methyl sites for hydroxylation is 1. The zero-order valence-electron chi connectivity index (χ0n) is 23.2. The second kappa shape index (κ2) is 11.6. The monoisotopic (exact) mass is 517 g/mol. The molecule has 2 N–H and O–H groups in total. The maximum atomic E-state index is 11.2. The van der Waals surface area contributed by atoms with Crippen LogP contribution in [-0.2, 0) is 12.0 Å². The average molecular weight is 518 g/mol. The van der Waals surface area contributed by atoms with Gasteiger partial charge in [0.15, 0.2) is 0 Å². The van der Waals surface area contributed by atoms with Crippen LogP contribution in [0.5, 0.6) is 0 Å². The van der Waals surface area contributed by atoms with Crippen LogP contribution in [-0.4, -0.2) is 23.2 Å². The molecule has 39 heavy (non-hydrogen) atoms. The standard InChI is InChI=1S/C35H35NO3/c1-24-11-16-27(17-12-24)30-21-29(32(37)20-15-25-13-18-28(19-14-25)34(38)39)22-31(35(2,3)4)33(30)36(5)23-26-9-7-6-8-10-26/h6-14,16-19,21-22,32,37H,23H2,1-5H3,(H,38,39). The van der Waals surface area contributed by atoms with Crippen LogP contribution in [0.3, 0.4) is 0 Å². The number of anilines is 1. The van der Waals surface area contributed by atoms with Crippen molar-refractivity contribution < 1.29 is 15.0 Å². The minimum atomic E-state index is -1.01. The Morgan fingerprint density at radius 1 is 0.923 bits per heavy atom. The maximum absolute atomic E-state index is 11.2. The zero-order valence-corrected chi connectivity index (χ0v) is 23.2. The van der Waals surface area contributed by atoms with Crippen molar-refractivity contribution >= 4 is 11.7 Å². The number of nitrogens with zero attached hydrogens (tertiary/aromatic N) is 1. The van der Waals surface area contributed by atoms with Crippen LogP contribution < -0.4 is 4.90 Å². The molecular weight excluding hydrogens is 482 g/mol. The molecule has 4 aromatic rings. The average Bonchev–Trinajstić information content (AvgIpc) is 2.91. The zero-order chi connectivity index (χ0) is 28.2. The molecule has 0 heterocycles. The molecule has 0 saturated carbocycles. The summed E-state index contributed by atoms with van der Waals surface area (Å²) in [6.45, 7) is 9.38. The van der Waals surface area contributed by atoms with E-state index in [0.29, 0.717) is 5.56 Å². The number of carbonyl (C=O) groups is 1. The lowest BCUT2D eigenvalue weighted by atomic mass is 9.81. The van der Waals surface area contributed by atoms with Gasteiger partial charge in [0.25, 0.3) is 0 Å². The third-order valence-electron chi connectivity index (χ3n) is 6.75. The molecule has 0 aliphatic rings. The molecule has 198 valence electrons. The number of rotatable bonds is 6. The molecule has 0 radical (unpaired) electrons. The normalized spacial score (nSPS) is 11.8. The van der Waals surface area contributed by atoms with E-state index in [0.717, 1.165) is 34.5 Å². The van der Waals surface area contributed by atoms with Crippen LogP contribution in [0.1, 0.15) is 65.1 Å². The molecule has 1 atom stereocenters. The van der Waals surface area contributed by atoms with E-state index in [4.69, 9.17) is 5.11 Å². The molecule has 4 aromatic carbocycles. The topological polar surface area (TPSA) is 60.8 Å².